The van der Waals surface area contributed by atoms with Crippen LogP contribution in [-0.2, 0) is 20.9 Å². The molecule has 22 heavy (non-hydrogen) atoms. The molecule has 0 spiro atoms. The predicted molar refractivity (Wildman–Crippen MR) is 97.1 cm³/mol. The first-order valence-corrected chi connectivity index (χ1v) is 10.4. The van der Waals surface area contributed by atoms with Crippen molar-refractivity contribution in [1.82, 2.24) is 0 Å². The maximum atomic E-state index is 4.06. The van der Waals surface area contributed by atoms with E-state index < -0.39 is 0 Å². The molecular formula is C20H40NNb-3. The van der Waals surface area contributed by atoms with Gasteiger partial charge in [-0.2, -0.15) is 32.1 Å². The van der Waals surface area contributed by atoms with Crippen molar-refractivity contribution in [3.8, 4) is 0 Å². The molecule has 0 radical (unpaired) electrons. The Morgan fingerprint density at radius 3 is 1.64 bits per heavy atom. The summed E-state index contributed by atoms with van der Waals surface area (Å²) in [6.45, 7) is 12.1. The summed E-state index contributed by atoms with van der Waals surface area (Å²) >= 11 is 1.55. The SMILES string of the molecule is CC1CC[CH-]CC1.CCC(C)[N]=[Nb].[CH-]1CCCCC1.[CH2-]CC. The fourth-order valence-electron chi connectivity index (χ4n) is 2.07. The van der Waals surface area contributed by atoms with Crippen molar-refractivity contribution in [2.24, 2.45) is 9.26 Å². The molecule has 2 saturated carbocycles. The number of rotatable bonds is 2. The van der Waals surface area contributed by atoms with Gasteiger partial charge in [-0.05, 0) is 5.92 Å². The first kappa shape index (κ1) is 24.8. The topological polar surface area (TPSA) is 12.4 Å². The molecule has 2 heteroatoms. The Balaban J connectivity index is 0. The van der Waals surface area contributed by atoms with E-state index in [2.05, 4.69) is 43.9 Å². The van der Waals surface area contributed by atoms with E-state index in [9.17, 15) is 0 Å². The molecule has 0 aromatic carbocycles. The molecule has 0 aliphatic heterocycles. The average Bonchev–Trinajstić information content (AvgIpc) is 2.58. The zero-order chi connectivity index (χ0) is 17.1. The van der Waals surface area contributed by atoms with Crippen LogP contribution >= 0.6 is 0 Å². The minimum Gasteiger partial charge on any atom is -0.344 e. The summed E-state index contributed by atoms with van der Waals surface area (Å²) in [6.07, 6.45) is 19.7. The Kier molecular flexibility index (Phi) is 24.3. The fraction of sp³-hybridized carbons (Fsp3) is 0.850. The normalized spacial score (nSPS) is 19.1. The summed E-state index contributed by atoms with van der Waals surface area (Å²) in [6, 6.07) is 0.582. The van der Waals surface area contributed by atoms with E-state index >= 15 is 0 Å². The van der Waals surface area contributed by atoms with Crippen LogP contribution in [0.4, 0.5) is 0 Å². The average molecular weight is 387 g/mol. The van der Waals surface area contributed by atoms with Crippen LogP contribution in [0.25, 0.3) is 0 Å². The van der Waals surface area contributed by atoms with Crippen molar-refractivity contribution >= 4 is 0 Å². The van der Waals surface area contributed by atoms with Crippen LogP contribution in [0.3, 0.4) is 0 Å². The van der Waals surface area contributed by atoms with E-state index in [0.717, 1.165) is 12.3 Å². The van der Waals surface area contributed by atoms with Crippen LogP contribution in [0.2, 0.25) is 0 Å². The summed E-state index contributed by atoms with van der Waals surface area (Å²) in [5, 5.41) is 0. The maximum absolute atomic E-state index is 4.06. The molecule has 1 nitrogen and oxygen atoms in total. The van der Waals surface area contributed by atoms with Gasteiger partial charge < -0.3 is 19.8 Å². The van der Waals surface area contributed by atoms with Gasteiger partial charge in [-0.15, -0.1) is 0 Å². The fourth-order valence-corrected chi connectivity index (χ4v) is 2.47. The molecule has 0 aromatic rings. The van der Waals surface area contributed by atoms with Crippen LogP contribution in [0.5, 0.6) is 0 Å². The van der Waals surface area contributed by atoms with E-state index in [1.54, 1.807) is 20.9 Å². The second-order valence-corrected chi connectivity index (χ2v) is 6.92. The molecule has 2 aliphatic carbocycles. The smallest absolute Gasteiger partial charge is 0.0582 e. The first-order valence-electron chi connectivity index (χ1n) is 9.38. The summed E-state index contributed by atoms with van der Waals surface area (Å²) in [7, 11) is 0. The van der Waals surface area contributed by atoms with Gasteiger partial charge in [0.1, 0.15) is 0 Å². The van der Waals surface area contributed by atoms with Gasteiger partial charge in [-0.1, -0.05) is 46.0 Å². The third kappa shape index (κ3) is 22.8. The predicted octanol–water partition coefficient (Wildman–Crippen LogP) is 7.30. The minimum absolute atomic E-state index is 0.582. The molecule has 0 amide bonds. The van der Waals surface area contributed by atoms with Gasteiger partial charge in [0.05, 0.1) is 0 Å². The second-order valence-electron chi connectivity index (χ2n) is 6.35. The number of nitrogens with zero attached hydrogens (tertiary/aromatic N) is 1. The van der Waals surface area contributed by atoms with Crippen molar-refractivity contribution in [3.05, 3.63) is 19.8 Å². The molecule has 1 unspecified atom stereocenters. The quantitative estimate of drug-likeness (QED) is 0.348. The van der Waals surface area contributed by atoms with Gasteiger partial charge >= 0.3 is 50.5 Å². The Labute approximate surface area is 154 Å². The molecule has 0 heterocycles. The molecule has 1 atom stereocenters. The zero-order valence-corrected chi connectivity index (χ0v) is 17.9. The molecule has 0 bridgehead atoms. The number of hydrogen-bond donors (Lipinski definition) is 0. The largest absolute Gasteiger partial charge is 0.344 e. The third-order valence-corrected chi connectivity index (χ3v) is 4.80. The Bertz CT molecular complexity index is 184. The van der Waals surface area contributed by atoms with Crippen molar-refractivity contribution in [1.29, 1.82) is 0 Å². The van der Waals surface area contributed by atoms with Crippen molar-refractivity contribution in [2.45, 2.75) is 104 Å². The van der Waals surface area contributed by atoms with Crippen LogP contribution in [0.15, 0.2) is 3.34 Å². The van der Waals surface area contributed by atoms with E-state index in [-0.39, 0.29) is 0 Å². The van der Waals surface area contributed by atoms with E-state index in [4.69, 9.17) is 0 Å². The molecular weight excluding hydrogens is 347 g/mol. The standard InChI is InChI=1S/C7H13.C6H11.C4H9N.C3H7.Nb/c1-7-5-3-2-4-6-7;1-2-4-6-5-3-1;1-3-4(2)5;1-3-2;/h2,7H,3-6H2,1H3;1H,2-6H2;4H,3H2,1-2H3;1,3H2,2H3;/q2*-1;;-1;. The van der Waals surface area contributed by atoms with Crippen LogP contribution in [0.1, 0.15) is 98.3 Å². The number of hydrogen-bond acceptors (Lipinski definition) is 1. The van der Waals surface area contributed by atoms with Gasteiger partial charge in [-0.3, -0.25) is 0 Å². The molecule has 0 aromatic heterocycles. The Morgan fingerprint density at radius 2 is 1.50 bits per heavy atom. The van der Waals surface area contributed by atoms with Gasteiger partial charge in [0.2, 0.25) is 0 Å². The van der Waals surface area contributed by atoms with E-state index in [1.165, 1.54) is 64.2 Å². The summed E-state index contributed by atoms with van der Waals surface area (Å²) < 4.78 is 4.06. The maximum Gasteiger partial charge on any atom is -0.0582 e. The molecule has 0 saturated heterocycles. The van der Waals surface area contributed by atoms with E-state index in [1.807, 2.05) is 6.92 Å². The summed E-state index contributed by atoms with van der Waals surface area (Å²) in [5.41, 5.74) is 0. The monoisotopic (exact) mass is 387 g/mol. The molecule has 2 rings (SSSR count). The van der Waals surface area contributed by atoms with Gasteiger partial charge in [0.25, 0.3) is 0 Å². The van der Waals surface area contributed by atoms with Crippen molar-refractivity contribution in [3.63, 3.8) is 0 Å². The van der Waals surface area contributed by atoms with Crippen LogP contribution in [0, 0.1) is 25.7 Å². The van der Waals surface area contributed by atoms with Crippen molar-refractivity contribution in [2.75, 3.05) is 0 Å². The second kappa shape index (κ2) is 21.5. The zero-order valence-electron chi connectivity index (χ0n) is 15.7. The summed E-state index contributed by atoms with van der Waals surface area (Å²) in [4.78, 5) is 0. The van der Waals surface area contributed by atoms with Gasteiger partial charge in [-0.25, -0.2) is 0 Å². The molecule has 0 N–H and O–H groups in total. The molecule has 2 fully saturated rings. The van der Waals surface area contributed by atoms with Crippen LogP contribution in [-0.4, -0.2) is 6.04 Å². The van der Waals surface area contributed by atoms with Crippen molar-refractivity contribution < 1.29 is 20.9 Å². The minimum atomic E-state index is 0.582. The van der Waals surface area contributed by atoms with E-state index in [0.29, 0.717) is 6.04 Å². The Hall–Kier alpha value is 0.540. The van der Waals surface area contributed by atoms with Gasteiger partial charge in [0.15, 0.2) is 0 Å². The molecule has 133 valence electrons. The third-order valence-electron chi connectivity index (χ3n) is 3.83. The first-order chi connectivity index (χ1) is 10.6. The van der Waals surface area contributed by atoms with Gasteiger partial charge in [0, 0.05) is 0 Å². The summed E-state index contributed by atoms with van der Waals surface area (Å²) in [5.74, 6) is 1.00. The Morgan fingerprint density at radius 1 is 1.05 bits per heavy atom. The van der Waals surface area contributed by atoms with Crippen LogP contribution < -0.4 is 0 Å². The molecule has 2 aliphatic rings.